The molecule has 4 rings (SSSR count). The van der Waals surface area contributed by atoms with Crippen LogP contribution >= 0.6 is 0 Å². The van der Waals surface area contributed by atoms with Crippen LogP contribution in [0.15, 0.2) is 60.7 Å². The van der Waals surface area contributed by atoms with Gasteiger partial charge in [0.2, 0.25) is 0 Å². The molecule has 0 saturated carbocycles. The number of anilines is 1. The highest BCUT2D eigenvalue weighted by molar-refractivity contribution is 5.99. The SMILES string of the molecule is CC(C)c1ccc(CN2CCCCN2c2ccc([N+](=O)[O-])c3ccccc23)cc1. The first-order valence-electron chi connectivity index (χ1n) is 10.3. The fourth-order valence-corrected chi connectivity index (χ4v) is 4.13. The first-order chi connectivity index (χ1) is 14.0. The molecule has 5 nitrogen and oxygen atoms in total. The van der Waals surface area contributed by atoms with E-state index in [1.807, 2.05) is 30.3 Å². The van der Waals surface area contributed by atoms with E-state index >= 15 is 0 Å². The summed E-state index contributed by atoms with van der Waals surface area (Å²) in [5.74, 6) is 0.530. The Balaban J connectivity index is 1.67. The highest BCUT2D eigenvalue weighted by Gasteiger charge is 2.24. The van der Waals surface area contributed by atoms with Gasteiger partial charge in [0, 0.05) is 31.1 Å². The van der Waals surface area contributed by atoms with Crippen molar-refractivity contribution in [2.45, 2.75) is 39.2 Å². The van der Waals surface area contributed by atoms with Gasteiger partial charge in [-0.15, -0.1) is 0 Å². The molecule has 0 atom stereocenters. The van der Waals surface area contributed by atoms with Crippen LogP contribution in [0, 0.1) is 10.1 Å². The molecule has 0 amide bonds. The van der Waals surface area contributed by atoms with Gasteiger partial charge in [-0.1, -0.05) is 56.3 Å². The van der Waals surface area contributed by atoms with Crippen molar-refractivity contribution >= 4 is 22.1 Å². The third-order valence-electron chi connectivity index (χ3n) is 5.74. The minimum Gasteiger partial charge on any atom is -0.305 e. The highest BCUT2D eigenvalue weighted by atomic mass is 16.6. The molecular formula is C24H27N3O2. The molecule has 0 aliphatic carbocycles. The molecule has 29 heavy (non-hydrogen) atoms. The number of fused-ring (bicyclic) bond motifs is 1. The van der Waals surface area contributed by atoms with Crippen molar-refractivity contribution in [2.24, 2.45) is 0 Å². The second-order valence-corrected chi connectivity index (χ2v) is 8.02. The van der Waals surface area contributed by atoms with E-state index in [0.29, 0.717) is 11.3 Å². The number of benzene rings is 3. The Morgan fingerprint density at radius 2 is 1.62 bits per heavy atom. The van der Waals surface area contributed by atoms with Gasteiger partial charge in [-0.3, -0.25) is 10.1 Å². The van der Waals surface area contributed by atoms with Gasteiger partial charge in [-0.25, -0.2) is 5.01 Å². The predicted molar refractivity (Wildman–Crippen MR) is 118 cm³/mol. The van der Waals surface area contributed by atoms with E-state index in [1.54, 1.807) is 6.07 Å². The van der Waals surface area contributed by atoms with Gasteiger partial charge in [0.15, 0.2) is 0 Å². The first kappa shape index (κ1) is 19.4. The van der Waals surface area contributed by atoms with E-state index in [-0.39, 0.29) is 10.6 Å². The summed E-state index contributed by atoms with van der Waals surface area (Å²) in [5, 5.41) is 17.8. The van der Waals surface area contributed by atoms with Gasteiger partial charge in [-0.05, 0) is 42.0 Å². The van der Waals surface area contributed by atoms with Crippen molar-refractivity contribution in [1.82, 2.24) is 5.01 Å². The van der Waals surface area contributed by atoms with Gasteiger partial charge >= 0.3 is 0 Å². The lowest BCUT2D eigenvalue weighted by Gasteiger charge is -2.41. The van der Waals surface area contributed by atoms with Crippen molar-refractivity contribution in [2.75, 3.05) is 18.1 Å². The van der Waals surface area contributed by atoms with Crippen LogP contribution in [0.3, 0.4) is 0 Å². The van der Waals surface area contributed by atoms with E-state index in [0.717, 1.165) is 43.5 Å². The predicted octanol–water partition coefficient (Wildman–Crippen LogP) is 5.89. The van der Waals surface area contributed by atoms with E-state index in [1.165, 1.54) is 11.1 Å². The molecule has 0 radical (unpaired) electrons. The molecular weight excluding hydrogens is 362 g/mol. The highest BCUT2D eigenvalue weighted by Crippen LogP contribution is 2.35. The second-order valence-electron chi connectivity index (χ2n) is 8.02. The fourth-order valence-electron chi connectivity index (χ4n) is 4.13. The summed E-state index contributed by atoms with van der Waals surface area (Å²) >= 11 is 0. The Hall–Kier alpha value is -2.92. The minimum atomic E-state index is -0.295. The monoisotopic (exact) mass is 389 g/mol. The first-order valence-corrected chi connectivity index (χ1v) is 10.3. The van der Waals surface area contributed by atoms with Crippen molar-refractivity contribution in [3.05, 3.63) is 81.9 Å². The summed E-state index contributed by atoms with van der Waals surface area (Å²) in [6, 6.07) is 20.1. The van der Waals surface area contributed by atoms with Gasteiger partial charge in [0.1, 0.15) is 0 Å². The zero-order valence-electron chi connectivity index (χ0n) is 17.0. The zero-order chi connectivity index (χ0) is 20.4. The maximum absolute atomic E-state index is 11.5. The van der Waals surface area contributed by atoms with Gasteiger partial charge in [0.05, 0.1) is 16.0 Å². The largest absolute Gasteiger partial charge is 0.305 e. The molecule has 5 heteroatoms. The summed E-state index contributed by atoms with van der Waals surface area (Å²) in [4.78, 5) is 11.2. The van der Waals surface area contributed by atoms with E-state index in [2.05, 4.69) is 48.1 Å². The molecule has 0 aromatic heterocycles. The number of nitro groups is 1. The fraction of sp³-hybridized carbons (Fsp3) is 0.333. The smallest absolute Gasteiger partial charge is 0.277 e. The Labute approximate surface area is 171 Å². The van der Waals surface area contributed by atoms with Crippen LogP contribution in [0.4, 0.5) is 11.4 Å². The molecule has 3 aromatic carbocycles. The molecule has 3 aromatic rings. The zero-order valence-corrected chi connectivity index (χ0v) is 17.0. The van der Waals surface area contributed by atoms with E-state index in [9.17, 15) is 10.1 Å². The number of hydrogen-bond acceptors (Lipinski definition) is 4. The molecule has 0 spiro atoms. The summed E-state index contributed by atoms with van der Waals surface area (Å²) < 4.78 is 0. The standard InChI is InChI=1S/C24H27N3O2/c1-18(2)20-11-9-19(10-12-20)17-25-15-5-6-16-26(25)23-13-14-24(27(28)29)22-8-4-3-7-21(22)23/h3-4,7-14,18H,5-6,15-17H2,1-2H3. The maximum Gasteiger partial charge on any atom is 0.277 e. The Morgan fingerprint density at radius 1 is 0.931 bits per heavy atom. The van der Waals surface area contributed by atoms with Crippen LogP contribution in [0.5, 0.6) is 0 Å². The van der Waals surface area contributed by atoms with Crippen LogP contribution in [0.25, 0.3) is 10.8 Å². The Kier molecular flexibility index (Phi) is 5.49. The average molecular weight is 389 g/mol. The van der Waals surface area contributed by atoms with Crippen molar-refractivity contribution < 1.29 is 4.92 Å². The van der Waals surface area contributed by atoms with Crippen LogP contribution in [-0.4, -0.2) is 23.0 Å². The summed E-state index contributed by atoms with van der Waals surface area (Å²) in [5.41, 5.74) is 3.85. The van der Waals surface area contributed by atoms with Crippen LogP contribution in [-0.2, 0) is 6.54 Å². The van der Waals surface area contributed by atoms with Crippen molar-refractivity contribution in [3.63, 3.8) is 0 Å². The molecule has 150 valence electrons. The van der Waals surface area contributed by atoms with Crippen LogP contribution in [0.1, 0.15) is 43.7 Å². The quantitative estimate of drug-likeness (QED) is 0.403. The number of hydrazine groups is 1. The molecule has 1 fully saturated rings. The Morgan fingerprint density at radius 3 is 2.31 bits per heavy atom. The summed E-state index contributed by atoms with van der Waals surface area (Å²) in [6.07, 6.45) is 2.28. The second kappa shape index (κ2) is 8.21. The lowest BCUT2D eigenvalue weighted by Crippen LogP contribution is -2.47. The lowest BCUT2D eigenvalue weighted by atomic mass is 10.0. The summed E-state index contributed by atoms with van der Waals surface area (Å²) in [6.45, 7) is 7.16. The van der Waals surface area contributed by atoms with Gasteiger partial charge in [-0.2, -0.15) is 0 Å². The number of non-ortho nitro benzene ring substituents is 1. The average Bonchev–Trinajstić information content (AvgIpc) is 2.74. The minimum absolute atomic E-state index is 0.164. The summed E-state index contributed by atoms with van der Waals surface area (Å²) in [7, 11) is 0. The van der Waals surface area contributed by atoms with Gasteiger partial charge < -0.3 is 5.01 Å². The molecule has 1 saturated heterocycles. The molecule has 1 heterocycles. The molecule has 0 bridgehead atoms. The number of rotatable bonds is 5. The normalized spacial score (nSPS) is 15.2. The molecule has 0 unspecified atom stereocenters. The molecule has 1 aliphatic rings. The number of nitro benzene ring substituents is 1. The topological polar surface area (TPSA) is 49.6 Å². The van der Waals surface area contributed by atoms with Crippen LogP contribution < -0.4 is 5.01 Å². The van der Waals surface area contributed by atoms with Crippen molar-refractivity contribution in [1.29, 1.82) is 0 Å². The number of hydrogen-bond donors (Lipinski definition) is 0. The maximum atomic E-state index is 11.5. The van der Waals surface area contributed by atoms with Crippen molar-refractivity contribution in [3.8, 4) is 0 Å². The molecule has 1 aliphatic heterocycles. The Bertz CT molecular complexity index is 1010. The van der Waals surface area contributed by atoms with E-state index < -0.39 is 0 Å². The number of nitrogens with zero attached hydrogens (tertiary/aromatic N) is 3. The third kappa shape index (κ3) is 3.96. The molecule has 0 N–H and O–H groups in total. The van der Waals surface area contributed by atoms with Crippen LogP contribution in [0.2, 0.25) is 0 Å². The third-order valence-corrected chi connectivity index (χ3v) is 5.74. The van der Waals surface area contributed by atoms with E-state index in [4.69, 9.17) is 0 Å². The lowest BCUT2D eigenvalue weighted by molar-refractivity contribution is -0.383. The van der Waals surface area contributed by atoms with Gasteiger partial charge in [0.25, 0.3) is 5.69 Å².